The van der Waals surface area contributed by atoms with E-state index in [4.69, 9.17) is 27.5 Å². The Kier molecular flexibility index (Phi) is 3.10. The van der Waals surface area contributed by atoms with Crippen LogP contribution in [-0.4, -0.2) is 22.8 Å². The highest BCUT2D eigenvalue weighted by Gasteiger charge is 2.36. The van der Waals surface area contributed by atoms with Gasteiger partial charge in [0.1, 0.15) is 0 Å². The number of nitrogens with two attached hydrogens (primary N) is 1. The zero-order chi connectivity index (χ0) is 10.8. The lowest BCUT2D eigenvalue weighted by Crippen LogP contribution is -2.48. The van der Waals surface area contributed by atoms with Crippen LogP contribution < -0.4 is 5.73 Å². The summed E-state index contributed by atoms with van der Waals surface area (Å²) in [5, 5.41) is 18.1. The lowest BCUT2D eigenvalue weighted by molar-refractivity contribution is -0.145. The molecule has 1 aromatic rings. The first-order valence-corrected chi connectivity index (χ1v) is 4.28. The van der Waals surface area contributed by atoms with Crippen molar-refractivity contribution in [2.24, 2.45) is 5.73 Å². The molecule has 0 saturated heterocycles. The largest absolute Gasteiger partial charge is 0.480 e. The lowest BCUT2D eigenvalue weighted by atomic mass is 9.92. The Morgan fingerprint density at radius 3 is 2.50 bits per heavy atom. The SMILES string of the molecule is N[C@@](CO)(C(=O)O)c1ccccc1Cl. The predicted molar refractivity (Wildman–Crippen MR) is 52.0 cm³/mol. The van der Waals surface area contributed by atoms with Crippen LogP contribution >= 0.6 is 11.6 Å². The molecule has 1 atom stereocenters. The number of rotatable bonds is 3. The molecule has 0 heterocycles. The number of halogens is 1. The average molecular weight is 216 g/mol. The number of aliphatic hydroxyl groups is 1. The molecule has 0 radical (unpaired) electrons. The fourth-order valence-corrected chi connectivity index (χ4v) is 1.40. The van der Waals surface area contributed by atoms with Crippen LogP contribution in [0.1, 0.15) is 5.56 Å². The van der Waals surface area contributed by atoms with Crippen LogP contribution in [0.5, 0.6) is 0 Å². The topological polar surface area (TPSA) is 83.5 Å². The van der Waals surface area contributed by atoms with E-state index in [1.165, 1.54) is 12.1 Å². The van der Waals surface area contributed by atoms with Crippen molar-refractivity contribution in [2.75, 3.05) is 6.61 Å². The van der Waals surface area contributed by atoms with Crippen LogP contribution in [0.25, 0.3) is 0 Å². The predicted octanol–water partition coefficient (Wildman–Crippen LogP) is 0.571. The Balaban J connectivity index is 3.26. The second-order valence-corrected chi connectivity index (χ2v) is 3.32. The van der Waals surface area contributed by atoms with Crippen LogP contribution in [-0.2, 0) is 10.3 Å². The van der Waals surface area contributed by atoms with Gasteiger partial charge in [0, 0.05) is 10.6 Å². The summed E-state index contributed by atoms with van der Waals surface area (Å²) in [5.74, 6) is -1.31. The van der Waals surface area contributed by atoms with Gasteiger partial charge in [0.15, 0.2) is 5.54 Å². The van der Waals surface area contributed by atoms with Gasteiger partial charge in [-0.3, -0.25) is 0 Å². The minimum Gasteiger partial charge on any atom is -0.480 e. The van der Waals surface area contributed by atoms with Crippen LogP contribution in [0.3, 0.4) is 0 Å². The van der Waals surface area contributed by atoms with E-state index in [0.29, 0.717) is 0 Å². The molecule has 0 amide bonds. The van der Waals surface area contributed by atoms with Crippen molar-refractivity contribution in [1.29, 1.82) is 0 Å². The van der Waals surface area contributed by atoms with Crippen LogP contribution in [0.2, 0.25) is 5.02 Å². The molecular formula is C9H10ClNO3. The normalized spacial score (nSPS) is 14.8. The summed E-state index contributed by atoms with van der Waals surface area (Å²) in [6.07, 6.45) is 0. The molecule has 0 saturated carbocycles. The molecular weight excluding hydrogens is 206 g/mol. The van der Waals surface area contributed by atoms with Crippen LogP contribution in [0.15, 0.2) is 24.3 Å². The number of carboxylic acid groups (broad SMARTS) is 1. The molecule has 0 aliphatic heterocycles. The molecule has 1 rings (SSSR count). The fourth-order valence-electron chi connectivity index (χ4n) is 1.09. The first-order valence-electron chi connectivity index (χ1n) is 3.90. The standard InChI is InChI=1S/C9H10ClNO3/c10-7-4-2-1-3-6(7)9(11,5-12)8(13)14/h1-4,12H,5,11H2,(H,13,14)/t9-/m1/s1. The first kappa shape index (κ1) is 11.0. The number of benzene rings is 1. The van der Waals surface area contributed by atoms with Crippen LogP contribution in [0.4, 0.5) is 0 Å². The first-order chi connectivity index (χ1) is 6.52. The van der Waals surface area contributed by atoms with Gasteiger partial charge < -0.3 is 15.9 Å². The summed E-state index contributed by atoms with van der Waals surface area (Å²) in [6.45, 7) is -0.702. The molecule has 4 N–H and O–H groups in total. The van der Waals surface area contributed by atoms with Gasteiger partial charge in [-0.1, -0.05) is 29.8 Å². The van der Waals surface area contributed by atoms with Gasteiger partial charge >= 0.3 is 5.97 Å². The van der Waals surface area contributed by atoms with Gasteiger partial charge in [0.2, 0.25) is 0 Å². The maximum absolute atomic E-state index is 10.9. The molecule has 0 spiro atoms. The highest BCUT2D eigenvalue weighted by atomic mass is 35.5. The Morgan fingerprint density at radius 1 is 1.50 bits per heavy atom. The molecule has 0 aliphatic rings. The highest BCUT2D eigenvalue weighted by Crippen LogP contribution is 2.25. The smallest absolute Gasteiger partial charge is 0.330 e. The average Bonchev–Trinajstić information content (AvgIpc) is 2.17. The molecule has 0 aliphatic carbocycles. The minimum absolute atomic E-state index is 0.205. The molecule has 4 nitrogen and oxygen atoms in total. The van der Waals surface area contributed by atoms with E-state index in [0.717, 1.165) is 0 Å². The number of aliphatic carboxylic acids is 1. The van der Waals surface area contributed by atoms with Crippen molar-refractivity contribution in [2.45, 2.75) is 5.54 Å². The molecule has 0 aromatic heterocycles. The van der Waals surface area contributed by atoms with Crippen molar-refractivity contribution in [3.63, 3.8) is 0 Å². The quantitative estimate of drug-likeness (QED) is 0.689. The van der Waals surface area contributed by atoms with Gasteiger partial charge in [-0.25, -0.2) is 4.79 Å². The fraction of sp³-hybridized carbons (Fsp3) is 0.222. The molecule has 0 bridgehead atoms. The molecule has 1 aromatic carbocycles. The van der Waals surface area contributed by atoms with Gasteiger partial charge in [0.05, 0.1) is 6.61 Å². The summed E-state index contributed by atoms with van der Waals surface area (Å²) < 4.78 is 0. The third kappa shape index (κ3) is 1.72. The number of aliphatic hydroxyl groups excluding tert-OH is 1. The van der Waals surface area contributed by atoms with E-state index in [1.807, 2.05) is 0 Å². The summed E-state index contributed by atoms with van der Waals surface area (Å²) in [4.78, 5) is 10.9. The zero-order valence-corrected chi connectivity index (χ0v) is 8.03. The number of carbonyl (C=O) groups is 1. The van der Waals surface area contributed by atoms with Crippen molar-refractivity contribution in [1.82, 2.24) is 0 Å². The highest BCUT2D eigenvalue weighted by molar-refractivity contribution is 6.31. The molecule has 0 fully saturated rings. The third-order valence-electron chi connectivity index (χ3n) is 1.99. The molecule has 14 heavy (non-hydrogen) atoms. The van der Waals surface area contributed by atoms with E-state index < -0.39 is 18.1 Å². The Bertz CT molecular complexity index is 356. The second kappa shape index (κ2) is 3.96. The minimum atomic E-state index is -1.83. The van der Waals surface area contributed by atoms with Gasteiger partial charge in [-0.15, -0.1) is 0 Å². The Hall–Kier alpha value is -1.10. The molecule has 76 valence electrons. The number of carboxylic acids is 1. The summed E-state index contributed by atoms with van der Waals surface area (Å²) in [6, 6.07) is 6.27. The zero-order valence-electron chi connectivity index (χ0n) is 7.27. The van der Waals surface area contributed by atoms with Crippen molar-refractivity contribution >= 4 is 17.6 Å². The van der Waals surface area contributed by atoms with E-state index in [-0.39, 0.29) is 10.6 Å². The van der Waals surface area contributed by atoms with E-state index in [1.54, 1.807) is 12.1 Å². The van der Waals surface area contributed by atoms with Gasteiger partial charge in [0.25, 0.3) is 0 Å². The summed E-state index contributed by atoms with van der Waals surface area (Å²) in [7, 11) is 0. The number of hydrogen-bond acceptors (Lipinski definition) is 3. The summed E-state index contributed by atoms with van der Waals surface area (Å²) in [5.41, 5.74) is 3.90. The van der Waals surface area contributed by atoms with E-state index in [9.17, 15) is 4.79 Å². The molecule has 0 unspecified atom stereocenters. The van der Waals surface area contributed by atoms with Gasteiger partial charge in [-0.05, 0) is 6.07 Å². The van der Waals surface area contributed by atoms with Crippen LogP contribution in [0, 0.1) is 0 Å². The third-order valence-corrected chi connectivity index (χ3v) is 2.32. The summed E-state index contributed by atoms with van der Waals surface area (Å²) >= 11 is 5.78. The maximum Gasteiger partial charge on any atom is 0.330 e. The lowest BCUT2D eigenvalue weighted by Gasteiger charge is -2.23. The monoisotopic (exact) mass is 215 g/mol. The Labute approximate surface area is 85.9 Å². The molecule has 5 heteroatoms. The van der Waals surface area contributed by atoms with Crippen molar-refractivity contribution in [3.8, 4) is 0 Å². The number of hydrogen-bond donors (Lipinski definition) is 3. The van der Waals surface area contributed by atoms with Crippen molar-refractivity contribution < 1.29 is 15.0 Å². The van der Waals surface area contributed by atoms with E-state index in [2.05, 4.69) is 0 Å². The Morgan fingerprint density at radius 2 is 2.07 bits per heavy atom. The van der Waals surface area contributed by atoms with Gasteiger partial charge in [-0.2, -0.15) is 0 Å². The van der Waals surface area contributed by atoms with Crippen molar-refractivity contribution in [3.05, 3.63) is 34.9 Å². The maximum atomic E-state index is 10.9. The van der Waals surface area contributed by atoms with E-state index >= 15 is 0 Å². The second-order valence-electron chi connectivity index (χ2n) is 2.91.